The third kappa shape index (κ3) is 44.1. The third-order valence-corrected chi connectivity index (χ3v) is 13.9. The number of hydrogen-bond donors (Lipinski definition) is 8. The Bertz CT molecular complexity index is 2680. The van der Waals surface area contributed by atoms with E-state index in [1.165, 1.54) is 54.9 Å². The Morgan fingerprint density at radius 3 is 1.77 bits per heavy atom. The number of halogens is 3. The van der Waals surface area contributed by atoms with Crippen molar-refractivity contribution in [3.63, 3.8) is 0 Å². The van der Waals surface area contributed by atoms with Gasteiger partial charge in [0.05, 0.1) is 62.4 Å². The van der Waals surface area contributed by atoms with E-state index in [1.54, 1.807) is 20.2 Å². The number of nitrogens with two attached hydrogens (primary N) is 3. The molecule has 1 aromatic carbocycles. The number of ether oxygens (including phenoxy) is 2. The number of primary amides is 1. The van der Waals surface area contributed by atoms with E-state index in [1.807, 2.05) is 80.8 Å². The number of likely N-dealkylation sites (N-methyl/N-ethyl adjacent to an activating group) is 2. The van der Waals surface area contributed by atoms with Gasteiger partial charge in [0, 0.05) is 68.0 Å². The van der Waals surface area contributed by atoms with Gasteiger partial charge in [-0.15, -0.1) is 0 Å². The molecule has 0 radical (unpaired) electrons. The van der Waals surface area contributed by atoms with Gasteiger partial charge >= 0.3 is 6.03 Å². The molecule has 11 N–H and O–H groups in total. The summed E-state index contributed by atoms with van der Waals surface area (Å²) in [5, 5.41) is 22.0. The molecule has 5 heterocycles. The van der Waals surface area contributed by atoms with Gasteiger partial charge in [-0.3, -0.25) is 28.7 Å². The molecule has 0 spiro atoms. The van der Waals surface area contributed by atoms with Crippen LogP contribution in [0.4, 0.5) is 18.0 Å². The molecule has 3 aromatic rings. The van der Waals surface area contributed by atoms with E-state index in [-0.39, 0.29) is 42.2 Å². The van der Waals surface area contributed by atoms with Gasteiger partial charge in [-0.2, -0.15) is 14.9 Å². The molecule has 6 amide bonds. The molecule has 0 saturated carbocycles. The average molecular weight is 1390 g/mol. The van der Waals surface area contributed by atoms with Crippen LogP contribution in [0.25, 0.3) is 11.3 Å². The van der Waals surface area contributed by atoms with Gasteiger partial charge in [0.25, 0.3) is 0 Å². The molecule has 1 unspecified atom stereocenters. The van der Waals surface area contributed by atoms with Crippen molar-refractivity contribution in [3.05, 3.63) is 93.9 Å². The van der Waals surface area contributed by atoms with Crippen molar-refractivity contribution in [2.24, 2.45) is 41.0 Å². The summed E-state index contributed by atoms with van der Waals surface area (Å²) in [6.45, 7) is 49.9. The summed E-state index contributed by atoms with van der Waals surface area (Å²) in [6.07, 6.45) is 13.6. The summed E-state index contributed by atoms with van der Waals surface area (Å²) >= 11 is 0. The third-order valence-electron chi connectivity index (χ3n) is 13.9. The first-order chi connectivity index (χ1) is 46.3. The van der Waals surface area contributed by atoms with Crippen LogP contribution in [0, 0.1) is 28.4 Å². The molecule has 1 saturated heterocycles. The normalized spacial score (nSPS) is 13.8. The Morgan fingerprint density at radius 2 is 1.34 bits per heavy atom. The van der Waals surface area contributed by atoms with Crippen LogP contribution >= 0.6 is 0 Å². The van der Waals surface area contributed by atoms with Crippen molar-refractivity contribution >= 4 is 43.4 Å². The number of carbonyl (C=O) groups is 7. The fourth-order valence-corrected chi connectivity index (χ4v) is 8.96. The highest BCUT2D eigenvalue weighted by Gasteiger charge is 2.36. The quantitative estimate of drug-likeness (QED) is 0.0656. The Balaban J connectivity index is -0.000000267. The largest absolute Gasteiger partial charge is 0.376 e. The molecule has 7 rings (SSSR count). The molecule has 1 atom stereocenters. The lowest BCUT2D eigenvalue weighted by Crippen LogP contribution is -2.54. The zero-order valence-corrected chi connectivity index (χ0v) is 64.7. The van der Waals surface area contributed by atoms with Crippen LogP contribution in [0.1, 0.15) is 217 Å². The van der Waals surface area contributed by atoms with Gasteiger partial charge < -0.3 is 63.0 Å². The van der Waals surface area contributed by atoms with Crippen LogP contribution in [0.5, 0.6) is 0 Å². The van der Waals surface area contributed by atoms with Gasteiger partial charge in [-0.1, -0.05) is 150 Å². The predicted octanol–water partition coefficient (Wildman–Crippen LogP) is 11.9. The van der Waals surface area contributed by atoms with Crippen molar-refractivity contribution in [3.8, 4) is 11.3 Å². The highest BCUT2D eigenvalue weighted by Crippen LogP contribution is 2.39. The Morgan fingerprint density at radius 1 is 0.806 bits per heavy atom. The summed E-state index contributed by atoms with van der Waals surface area (Å²) in [5.74, 6) is -1.67. The van der Waals surface area contributed by atoms with Gasteiger partial charge in [-0.25, -0.2) is 18.0 Å². The number of unbranched alkanes of at least 4 members (excludes halogenated alkanes) is 2. The monoisotopic (exact) mass is 1390 g/mol. The van der Waals surface area contributed by atoms with Crippen molar-refractivity contribution in [1.29, 1.82) is 0 Å². The minimum absolute atomic E-state index is 0.0799. The molecule has 4 aliphatic rings. The van der Waals surface area contributed by atoms with Crippen LogP contribution in [0.3, 0.4) is 0 Å². The van der Waals surface area contributed by atoms with Crippen LogP contribution in [-0.4, -0.2) is 148 Å². The SMILES string of the molecule is C=C(C)F.C=C(CCCC)C1=C(NC=O)CCOC1.C=O.CC.CC.CC.CC(C)C.CCCC.CN.CNC(=O)C(NC(=O)n1nc(C2CCN(C)CC2)c2c1CCOC2)C(C)(C)C.CNC(=O)CN.Cn1nc(-c2ccc(F)c(F)c2)c2c1CCC(C)(C)C2.NC(=O)CNC=O. The number of aryl methyl sites for hydroxylation is 1. The van der Waals surface area contributed by atoms with Gasteiger partial charge in [0.1, 0.15) is 12.8 Å². The van der Waals surface area contributed by atoms with E-state index in [4.69, 9.17) is 25.1 Å². The summed E-state index contributed by atoms with van der Waals surface area (Å²) in [6, 6.07) is 3.01. The molecule has 2 aromatic heterocycles. The summed E-state index contributed by atoms with van der Waals surface area (Å²) < 4.78 is 51.7. The van der Waals surface area contributed by atoms with Gasteiger partial charge in [-0.05, 0) is 125 Å². The van der Waals surface area contributed by atoms with E-state index < -0.39 is 29.0 Å². The minimum atomic E-state index is -0.822. The van der Waals surface area contributed by atoms with Crippen LogP contribution in [-0.2, 0) is 71.2 Å². The molecule has 3 aliphatic heterocycles. The number of piperidine rings is 1. The highest BCUT2D eigenvalue weighted by molar-refractivity contribution is 5.88. The van der Waals surface area contributed by atoms with Crippen molar-refractivity contribution < 1.29 is 56.2 Å². The summed E-state index contributed by atoms with van der Waals surface area (Å²) in [4.78, 5) is 75.3. The van der Waals surface area contributed by atoms with Crippen LogP contribution in [0.2, 0.25) is 0 Å². The van der Waals surface area contributed by atoms with Crippen molar-refractivity contribution in [2.75, 3.05) is 74.2 Å². The zero-order chi connectivity index (χ0) is 77.3. The van der Waals surface area contributed by atoms with Crippen molar-refractivity contribution in [2.45, 2.75) is 220 Å². The number of benzene rings is 1. The Labute approximate surface area is 588 Å². The molecule has 25 heteroatoms. The molecular formula is C73H134F3N13O9. The topological polar surface area (TPSA) is 315 Å². The maximum absolute atomic E-state index is 13.4. The fourth-order valence-electron chi connectivity index (χ4n) is 8.96. The van der Waals surface area contributed by atoms with Gasteiger partial charge in [0.2, 0.25) is 30.5 Å². The molecule has 22 nitrogen and oxygen atoms in total. The van der Waals surface area contributed by atoms with E-state index in [2.05, 4.69) is 124 Å². The average Bonchev–Trinajstić information content (AvgIpc) is 1.63. The lowest BCUT2D eigenvalue weighted by Gasteiger charge is -2.30. The van der Waals surface area contributed by atoms with Crippen molar-refractivity contribution in [1.82, 2.24) is 51.0 Å². The van der Waals surface area contributed by atoms with Gasteiger partial charge in [0.15, 0.2) is 11.6 Å². The number of nitrogens with zero attached hydrogens (tertiary/aromatic N) is 5. The number of allylic oxidation sites excluding steroid dienone is 1. The number of carbonyl (C=O) groups excluding carboxylic acids is 7. The first-order valence-corrected chi connectivity index (χ1v) is 34.5. The zero-order valence-electron chi connectivity index (χ0n) is 64.7. The van der Waals surface area contributed by atoms with E-state index in [9.17, 15) is 41.9 Å². The molecule has 0 bridgehead atoms. The maximum atomic E-state index is 13.4. The second-order valence-corrected chi connectivity index (χ2v) is 24.3. The Kier molecular flexibility index (Phi) is 63.5. The fraction of sp³-hybridized carbons (Fsp3) is 0.658. The van der Waals surface area contributed by atoms with Crippen LogP contribution in [0.15, 0.2) is 54.0 Å². The lowest BCUT2D eigenvalue weighted by molar-refractivity contribution is -0.125. The molecule has 98 heavy (non-hydrogen) atoms. The molecule has 1 fully saturated rings. The number of fused-ring (bicyclic) bond motifs is 2. The first-order valence-electron chi connectivity index (χ1n) is 34.5. The summed E-state index contributed by atoms with van der Waals surface area (Å²) in [5.41, 5.74) is 23.8. The van der Waals surface area contributed by atoms with E-state index in [0.29, 0.717) is 50.7 Å². The number of nitrogens with one attached hydrogen (secondary N) is 5. The lowest BCUT2D eigenvalue weighted by atomic mass is 9.75. The number of amides is 6. The highest BCUT2D eigenvalue weighted by atomic mass is 19.2. The smallest absolute Gasteiger partial charge is 0.342 e. The maximum Gasteiger partial charge on any atom is 0.342 e. The summed E-state index contributed by atoms with van der Waals surface area (Å²) in [7, 11) is 8.68. The molecular weight excluding hydrogens is 1260 g/mol. The minimum Gasteiger partial charge on any atom is -0.376 e. The number of likely N-dealkylation sites (tertiary alicyclic amines) is 1. The number of hydrogen-bond acceptors (Lipinski definition) is 14. The molecule has 566 valence electrons. The standard InChI is InChI=1S/C20H33N5O3.C16H18F2N2.C12H19NO2.2C4H10.C3H5F.C3H6N2O2.C3H8N2O.3C2H6.CH5N.CH2O/c1-20(2,3)17(18(26)21-4)22-19(27)25-15-8-11-28-12-14(15)16(23-25)13-6-9-24(5)10-7-13;1-16(2)7-6-14-11(9-16)15(19-20(14)3)10-4-5-12(17)13(18)8-10;1-3-4-5-10(2)11-8-15-7-6-12(11)13-9-14;1-4(2)3;1-3-4-2;1-3(2)4;4-3(7)1-5-2-6;1-5-3(6)2-4;5*1-2/h13,17H,6-12H2,1-5H3,(H,21,26)(H,22,27);4-5,8H,6-7,9H2,1-3H3;9H,2-8H2,1H3,(H,13,14);4H,1-3H3;3-4H2,1-2H3;1H2,2H3;2H,1H2,(H2,4,7)(H,5,6);2,4H2,1H3,(H,5,6);3*1-2H3;2H2,1H3;1H2. The number of aromatic nitrogens is 4. The van der Waals surface area contributed by atoms with E-state index >= 15 is 0 Å². The van der Waals surface area contributed by atoms with Crippen LogP contribution < -0.4 is 43.8 Å². The van der Waals surface area contributed by atoms with E-state index in [0.717, 1.165) is 123 Å². The number of rotatable bonds is 15. The Hall–Kier alpha value is -7.06. The second-order valence-electron chi connectivity index (χ2n) is 24.3. The second kappa shape index (κ2) is 61.1. The predicted molar refractivity (Wildman–Crippen MR) is 396 cm³/mol. The first kappa shape index (κ1) is 102. The molecule has 1 aliphatic carbocycles.